The van der Waals surface area contributed by atoms with Crippen molar-refractivity contribution in [3.8, 4) is 0 Å². The van der Waals surface area contributed by atoms with E-state index < -0.39 is 32.1 Å². The van der Waals surface area contributed by atoms with Gasteiger partial charge >= 0.3 is 12.2 Å². The molecule has 0 unspecified atom stereocenters. The largest absolute Gasteiger partial charge is 0.444 e. The minimum absolute atomic E-state index is 0.0324. The third-order valence-electron chi connectivity index (χ3n) is 6.86. The monoisotopic (exact) mass is 613 g/mol. The van der Waals surface area contributed by atoms with Crippen LogP contribution < -0.4 is 16.0 Å². The predicted octanol–water partition coefficient (Wildman–Crippen LogP) is 4.61. The van der Waals surface area contributed by atoms with E-state index in [1.807, 2.05) is 30.3 Å². The van der Waals surface area contributed by atoms with Crippen molar-refractivity contribution < 1.29 is 28.3 Å². The molecule has 0 saturated heterocycles. The summed E-state index contributed by atoms with van der Waals surface area (Å²) in [6.07, 6.45) is 1.43. The highest BCUT2D eigenvalue weighted by atomic mass is 28.4. The second-order valence-electron chi connectivity index (χ2n) is 12.7. The first-order valence-electron chi connectivity index (χ1n) is 14.1. The molecule has 14 heteroatoms. The standard InChI is InChI=1S/C29H43N7O6Si/c1-28(2,3)42-26(38)30-14-21(17-41-43(7,8)29(4,5)6)34-22(37)15-36-19-33-23-24(31-18-32-25(23)36)35-27(39)40-16-20-12-10-9-11-13-20/h9-13,18-19,21H,14-17H2,1-8H3,(H,30,38)(H,34,37)(H,31,32,35,39)/t21-/m1/s1. The van der Waals surface area contributed by atoms with Gasteiger partial charge in [0.15, 0.2) is 25.3 Å². The maximum Gasteiger partial charge on any atom is 0.413 e. The lowest BCUT2D eigenvalue weighted by atomic mass is 10.2. The van der Waals surface area contributed by atoms with Crippen LogP contribution in [0.1, 0.15) is 47.1 Å². The first-order chi connectivity index (χ1) is 20.0. The van der Waals surface area contributed by atoms with Gasteiger partial charge in [-0.1, -0.05) is 51.1 Å². The van der Waals surface area contributed by atoms with Gasteiger partial charge in [-0.25, -0.2) is 24.5 Å². The predicted molar refractivity (Wildman–Crippen MR) is 165 cm³/mol. The number of ether oxygens (including phenoxy) is 2. The molecule has 13 nitrogen and oxygen atoms in total. The third kappa shape index (κ3) is 10.3. The summed E-state index contributed by atoms with van der Waals surface area (Å²) in [6, 6.07) is 8.77. The van der Waals surface area contributed by atoms with Crippen LogP contribution in [0.5, 0.6) is 0 Å². The van der Waals surface area contributed by atoms with Gasteiger partial charge in [-0.2, -0.15) is 0 Å². The van der Waals surface area contributed by atoms with Crippen LogP contribution in [0.4, 0.5) is 15.4 Å². The number of nitrogens with one attached hydrogen (secondary N) is 3. The number of imidazole rings is 1. The Morgan fingerprint density at radius 1 is 0.977 bits per heavy atom. The molecule has 0 spiro atoms. The van der Waals surface area contributed by atoms with E-state index in [-0.39, 0.29) is 43.1 Å². The molecular weight excluding hydrogens is 570 g/mol. The van der Waals surface area contributed by atoms with Gasteiger partial charge in [0.05, 0.1) is 19.0 Å². The molecule has 0 saturated carbocycles. The van der Waals surface area contributed by atoms with E-state index in [0.29, 0.717) is 11.2 Å². The Morgan fingerprint density at radius 3 is 2.33 bits per heavy atom. The number of carbonyl (C=O) groups is 3. The number of anilines is 1. The number of alkyl carbamates (subject to hydrolysis) is 1. The summed E-state index contributed by atoms with van der Waals surface area (Å²) in [7, 11) is -2.13. The maximum atomic E-state index is 13.2. The molecule has 0 aliphatic carbocycles. The SMILES string of the molecule is CC(C)(C)OC(=O)NC[C@H](CO[Si](C)(C)C(C)(C)C)NC(=O)Cn1cnc2c(NC(=O)OCc3ccccc3)ncnc21. The molecule has 0 radical (unpaired) electrons. The molecule has 0 aliphatic rings. The molecule has 234 valence electrons. The fraction of sp³-hybridized carbons (Fsp3) is 0.517. The van der Waals surface area contributed by atoms with E-state index in [0.717, 1.165) is 5.56 Å². The van der Waals surface area contributed by atoms with Crippen LogP contribution in [0.2, 0.25) is 18.1 Å². The van der Waals surface area contributed by atoms with E-state index in [4.69, 9.17) is 13.9 Å². The lowest BCUT2D eigenvalue weighted by molar-refractivity contribution is -0.122. The van der Waals surface area contributed by atoms with Crippen LogP contribution in [-0.2, 0) is 31.8 Å². The number of carbonyl (C=O) groups excluding carboxylic acids is 3. The highest BCUT2D eigenvalue weighted by molar-refractivity contribution is 6.74. The molecular formula is C29H43N7O6Si. The molecule has 1 aromatic carbocycles. The van der Waals surface area contributed by atoms with Crippen LogP contribution in [0.25, 0.3) is 11.2 Å². The van der Waals surface area contributed by atoms with E-state index in [1.54, 1.807) is 25.3 Å². The Hall–Kier alpha value is -4.04. The summed E-state index contributed by atoms with van der Waals surface area (Å²) in [5.41, 5.74) is 0.841. The summed E-state index contributed by atoms with van der Waals surface area (Å²) in [5, 5.41) is 8.22. The van der Waals surface area contributed by atoms with Gasteiger partial charge in [0.25, 0.3) is 0 Å². The lowest BCUT2D eigenvalue weighted by Crippen LogP contribution is -2.51. The van der Waals surface area contributed by atoms with Crippen molar-refractivity contribution in [2.24, 2.45) is 0 Å². The van der Waals surface area contributed by atoms with Crippen molar-refractivity contribution in [3.63, 3.8) is 0 Å². The zero-order valence-electron chi connectivity index (χ0n) is 26.2. The van der Waals surface area contributed by atoms with Crippen molar-refractivity contribution in [3.05, 3.63) is 48.5 Å². The minimum atomic E-state index is -2.13. The van der Waals surface area contributed by atoms with Crippen molar-refractivity contribution in [1.29, 1.82) is 0 Å². The summed E-state index contributed by atoms with van der Waals surface area (Å²) in [4.78, 5) is 50.5. The van der Waals surface area contributed by atoms with Gasteiger partial charge < -0.3 is 29.1 Å². The Balaban J connectivity index is 1.66. The molecule has 2 aromatic heterocycles. The second-order valence-corrected chi connectivity index (χ2v) is 17.5. The van der Waals surface area contributed by atoms with Crippen molar-refractivity contribution >= 4 is 43.4 Å². The molecule has 3 N–H and O–H groups in total. The van der Waals surface area contributed by atoms with Crippen LogP contribution in [0, 0.1) is 0 Å². The molecule has 3 aromatic rings. The molecule has 0 bridgehead atoms. The van der Waals surface area contributed by atoms with E-state index in [1.165, 1.54) is 12.7 Å². The Kier molecular flexibility index (Phi) is 10.9. The molecule has 3 rings (SSSR count). The normalized spacial score (nSPS) is 12.8. The molecule has 0 fully saturated rings. The Bertz CT molecular complexity index is 1400. The summed E-state index contributed by atoms with van der Waals surface area (Å²) in [6.45, 7) is 16.3. The quantitative estimate of drug-likeness (QED) is 0.263. The van der Waals surface area contributed by atoms with Crippen LogP contribution in [0.15, 0.2) is 43.0 Å². The zero-order valence-corrected chi connectivity index (χ0v) is 27.2. The molecule has 3 amide bonds. The second kappa shape index (κ2) is 14.0. The summed E-state index contributed by atoms with van der Waals surface area (Å²) < 4.78 is 18.5. The number of fused-ring (bicyclic) bond motifs is 1. The fourth-order valence-electron chi connectivity index (χ4n) is 3.57. The highest BCUT2D eigenvalue weighted by Gasteiger charge is 2.37. The number of hydrogen-bond donors (Lipinski definition) is 3. The average Bonchev–Trinajstić information content (AvgIpc) is 3.31. The molecule has 1 atom stereocenters. The van der Waals surface area contributed by atoms with Crippen LogP contribution in [-0.4, -0.2) is 70.7 Å². The van der Waals surface area contributed by atoms with Crippen molar-refractivity contribution in [2.75, 3.05) is 18.5 Å². The van der Waals surface area contributed by atoms with E-state index in [2.05, 4.69) is 64.8 Å². The zero-order chi connectivity index (χ0) is 31.8. The minimum Gasteiger partial charge on any atom is -0.444 e. The highest BCUT2D eigenvalue weighted by Crippen LogP contribution is 2.36. The van der Waals surface area contributed by atoms with Crippen molar-refractivity contribution in [2.45, 2.75) is 84.5 Å². The molecule has 43 heavy (non-hydrogen) atoms. The number of amides is 3. The smallest absolute Gasteiger partial charge is 0.413 e. The Labute approximate surface area is 253 Å². The summed E-state index contributed by atoms with van der Waals surface area (Å²) >= 11 is 0. The number of nitrogens with zero attached hydrogens (tertiary/aromatic N) is 4. The fourth-order valence-corrected chi connectivity index (χ4v) is 4.62. The van der Waals surface area contributed by atoms with Crippen LogP contribution >= 0.6 is 0 Å². The van der Waals surface area contributed by atoms with Gasteiger partial charge in [0.1, 0.15) is 25.1 Å². The first-order valence-corrected chi connectivity index (χ1v) is 17.0. The number of hydrogen-bond acceptors (Lipinski definition) is 9. The van der Waals surface area contributed by atoms with Gasteiger partial charge in [0.2, 0.25) is 5.91 Å². The van der Waals surface area contributed by atoms with Gasteiger partial charge in [-0.15, -0.1) is 0 Å². The summed E-state index contributed by atoms with van der Waals surface area (Å²) in [5.74, 6) is -0.186. The Morgan fingerprint density at radius 2 is 1.67 bits per heavy atom. The average molecular weight is 614 g/mol. The molecule has 0 aliphatic heterocycles. The maximum absolute atomic E-state index is 13.2. The van der Waals surface area contributed by atoms with E-state index in [9.17, 15) is 14.4 Å². The lowest BCUT2D eigenvalue weighted by Gasteiger charge is -2.37. The van der Waals surface area contributed by atoms with Crippen LogP contribution in [0.3, 0.4) is 0 Å². The topological polar surface area (TPSA) is 159 Å². The first kappa shape index (κ1) is 33.5. The molecule has 2 heterocycles. The van der Waals surface area contributed by atoms with Gasteiger partial charge in [0, 0.05) is 6.54 Å². The van der Waals surface area contributed by atoms with Gasteiger partial charge in [-0.3, -0.25) is 10.1 Å². The third-order valence-corrected chi connectivity index (χ3v) is 11.4. The number of rotatable bonds is 11. The van der Waals surface area contributed by atoms with E-state index >= 15 is 0 Å². The van der Waals surface area contributed by atoms with Crippen molar-refractivity contribution in [1.82, 2.24) is 30.2 Å². The number of aromatic nitrogens is 4. The van der Waals surface area contributed by atoms with Gasteiger partial charge in [-0.05, 0) is 44.5 Å². The number of benzene rings is 1.